The molecule has 0 aliphatic rings. The molecule has 0 heterocycles. The first-order chi connectivity index (χ1) is 8.99. The standard InChI is InChI=1S/C15H25N3O/c1-12-6-7-14(13(2)10-12)17-15(19)11-16-8-5-9-18(3)4/h6-7,10,16H,5,8-9,11H2,1-4H3,(H,17,19). The average molecular weight is 263 g/mol. The minimum absolute atomic E-state index is 0.0109. The summed E-state index contributed by atoms with van der Waals surface area (Å²) in [6.07, 6.45) is 1.05. The van der Waals surface area contributed by atoms with Gasteiger partial charge in [0.25, 0.3) is 0 Å². The Balaban J connectivity index is 2.27. The molecule has 0 aliphatic carbocycles. The van der Waals surface area contributed by atoms with E-state index in [0.29, 0.717) is 6.54 Å². The maximum absolute atomic E-state index is 11.8. The fourth-order valence-corrected chi connectivity index (χ4v) is 1.87. The lowest BCUT2D eigenvalue weighted by atomic mass is 10.1. The second kappa shape index (κ2) is 7.92. The van der Waals surface area contributed by atoms with E-state index in [1.807, 2.05) is 40.1 Å². The summed E-state index contributed by atoms with van der Waals surface area (Å²) in [5.74, 6) is 0.0109. The van der Waals surface area contributed by atoms with Crippen LogP contribution in [0.2, 0.25) is 0 Å². The smallest absolute Gasteiger partial charge is 0.238 e. The van der Waals surface area contributed by atoms with Gasteiger partial charge in [-0.3, -0.25) is 4.79 Å². The van der Waals surface area contributed by atoms with Crippen LogP contribution in [0.15, 0.2) is 18.2 Å². The number of aryl methyl sites for hydroxylation is 2. The van der Waals surface area contributed by atoms with Gasteiger partial charge in [0.1, 0.15) is 0 Å². The van der Waals surface area contributed by atoms with E-state index in [9.17, 15) is 4.79 Å². The Kier molecular flexibility index (Phi) is 6.53. The highest BCUT2D eigenvalue weighted by molar-refractivity contribution is 5.92. The van der Waals surface area contributed by atoms with Crippen LogP contribution in [0, 0.1) is 13.8 Å². The Morgan fingerprint density at radius 3 is 2.63 bits per heavy atom. The first kappa shape index (κ1) is 15.7. The molecule has 4 nitrogen and oxygen atoms in total. The Hall–Kier alpha value is -1.39. The minimum atomic E-state index is 0.0109. The third-order valence-corrected chi connectivity index (χ3v) is 2.90. The van der Waals surface area contributed by atoms with E-state index >= 15 is 0 Å². The van der Waals surface area contributed by atoms with Gasteiger partial charge < -0.3 is 15.5 Å². The van der Waals surface area contributed by atoms with Gasteiger partial charge in [-0.1, -0.05) is 17.7 Å². The molecule has 19 heavy (non-hydrogen) atoms. The van der Waals surface area contributed by atoms with Crippen molar-refractivity contribution in [1.29, 1.82) is 0 Å². The molecule has 106 valence electrons. The fraction of sp³-hybridized carbons (Fsp3) is 0.533. The highest BCUT2D eigenvalue weighted by atomic mass is 16.1. The largest absolute Gasteiger partial charge is 0.325 e. The van der Waals surface area contributed by atoms with Gasteiger partial charge in [-0.2, -0.15) is 0 Å². The summed E-state index contributed by atoms with van der Waals surface area (Å²) in [6.45, 7) is 6.31. The lowest BCUT2D eigenvalue weighted by Crippen LogP contribution is -2.30. The van der Waals surface area contributed by atoms with Crippen molar-refractivity contribution in [3.8, 4) is 0 Å². The zero-order valence-corrected chi connectivity index (χ0v) is 12.4. The summed E-state index contributed by atoms with van der Waals surface area (Å²) in [6, 6.07) is 6.03. The zero-order valence-electron chi connectivity index (χ0n) is 12.4. The van der Waals surface area contributed by atoms with E-state index in [-0.39, 0.29) is 5.91 Å². The topological polar surface area (TPSA) is 44.4 Å². The number of carbonyl (C=O) groups is 1. The average Bonchev–Trinajstić information content (AvgIpc) is 2.32. The first-order valence-corrected chi connectivity index (χ1v) is 6.71. The van der Waals surface area contributed by atoms with Gasteiger partial charge in [0.15, 0.2) is 0 Å². The van der Waals surface area contributed by atoms with Crippen LogP contribution < -0.4 is 10.6 Å². The number of carbonyl (C=O) groups excluding carboxylic acids is 1. The van der Waals surface area contributed by atoms with Crippen LogP contribution in [-0.4, -0.2) is 44.5 Å². The molecule has 0 saturated heterocycles. The van der Waals surface area contributed by atoms with Gasteiger partial charge in [0.05, 0.1) is 6.54 Å². The van der Waals surface area contributed by atoms with Crippen LogP contribution in [0.5, 0.6) is 0 Å². The van der Waals surface area contributed by atoms with Crippen molar-refractivity contribution in [3.05, 3.63) is 29.3 Å². The van der Waals surface area contributed by atoms with Crippen molar-refractivity contribution < 1.29 is 4.79 Å². The number of anilines is 1. The molecule has 0 aliphatic heterocycles. The molecule has 0 radical (unpaired) electrons. The fourth-order valence-electron chi connectivity index (χ4n) is 1.87. The molecule has 1 rings (SSSR count). The lowest BCUT2D eigenvalue weighted by molar-refractivity contribution is -0.115. The number of benzene rings is 1. The SMILES string of the molecule is Cc1ccc(NC(=O)CNCCCN(C)C)c(C)c1. The van der Waals surface area contributed by atoms with Crippen molar-refractivity contribution in [2.45, 2.75) is 20.3 Å². The van der Waals surface area contributed by atoms with Gasteiger partial charge in [0, 0.05) is 5.69 Å². The number of hydrogen-bond donors (Lipinski definition) is 2. The summed E-state index contributed by atoms with van der Waals surface area (Å²) in [7, 11) is 4.10. The van der Waals surface area contributed by atoms with Gasteiger partial charge in [-0.15, -0.1) is 0 Å². The molecular formula is C15H25N3O. The predicted molar refractivity (Wildman–Crippen MR) is 80.6 cm³/mol. The summed E-state index contributed by atoms with van der Waals surface area (Å²) in [5.41, 5.74) is 3.20. The molecule has 0 fully saturated rings. The van der Waals surface area contributed by atoms with Crippen LogP contribution in [0.1, 0.15) is 17.5 Å². The number of hydrogen-bond acceptors (Lipinski definition) is 3. The van der Waals surface area contributed by atoms with Crippen LogP contribution >= 0.6 is 0 Å². The molecule has 2 N–H and O–H groups in total. The third-order valence-electron chi connectivity index (χ3n) is 2.90. The predicted octanol–water partition coefficient (Wildman–Crippen LogP) is 1.78. The van der Waals surface area contributed by atoms with E-state index in [4.69, 9.17) is 0 Å². The van der Waals surface area contributed by atoms with E-state index in [0.717, 1.165) is 30.8 Å². The van der Waals surface area contributed by atoms with E-state index in [1.54, 1.807) is 0 Å². The van der Waals surface area contributed by atoms with Gasteiger partial charge in [-0.25, -0.2) is 0 Å². The molecule has 0 unspecified atom stereocenters. The molecular weight excluding hydrogens is 238 g/mol. The van der Waals surface area contributed by atoms with Crippen molar-refractivity contribution in [2.75, 3.05) is 39.0 Å². The Bertz CT molecular complexity index is 416. The molecule has 0 saturated carbocycles. The number of nitrogens with one attached hydrogen (secondary N) is 2. The van der Waals surface area contributed by atoms with Crippen molar-refractivity contribution in [2.24, 2.45) is 0 Å². The van der Waals surface area contributed by atoms with Crippen LogP contribution in [0.25, 0.3) is 0 Å². The Morgan fingerprint density at radius 1 is 1.26 bits per heavy atom. The monoisotopic (exact) mass is 263 g/mol. The quantitative estimate of drug-likeness (QED) is 0.737. The minimum Gasteiger partial charge on any atom is -0.325 e. The second-order valence-corrected chi connectivity index (χ2v) is 5.20. The Labute approximate surface area is 116 Å². The van der Waals surface area contributed by atoms with Gasteiger partial charge in [-0.05, 0) is 59.1 Å². The van der Waals surface area contributed by atoms with Crippen LogP contribution in [0.4, 0.5) is 5.69 Å². The normalized spacial score (nSPS) is 10.8. The van der Waals surface area contributed by atoms with Gasteiger partial charge in [0.2, 0.25) is 5.91 Å². The highest BCUT2D eigenvalue weighted by Crippen LogP contribution is 2.15. The molecule has 1 aromatic rings. The number of amides is 1. The van der Waals surface area contributed by atoms with Crippen molar-refractivity contribution >= 4 is 11.6 Å². The summed E-state index contributed by atoms with van der Waals surface area (Å²) in [4.78, 5) is 13.9. The third kappa shape index (κ3) is 6.36. The molecule has 0 bridgehead atoms. The molecule has 1 aromatic carbocycles. The maximum atomic E-state index is 11.8. The summed E-state index contributed by atoms with van der Waals surface area (Å²) in [5, 5.41) is 6.08. The van der Waals surface area contributed by atoms with Crippen molar-refractivity contribution in [1.82, 2.24) is 10.2 Å². The molecule has 0 atom stereocenters. The lowest BCUT2D eigenvalue weighted by Gasteiger charge is -2.11. The maximum Gasteiger partial charge on any atom is 0.238 e. The highest BCUT2D eigenvalue weighted by Gasteiger charge is 2.04. The molecule has 0 spiro atoms. The van der Waals surface area contributed by atoms with Gasteiger partial charge >= 0.3 is 0 Å². The van der Waals surface area contributed by atoms with Crippen LogP contribution in [-0.2, 0) is 4.79 Å². The van der Waals surface area contributed by atoms with Crippen LogP contribution in [0.3, 0.4) is 0 Å². The van der Waals surface area contributed by atoms with Crippen molar-refractivity contribution in [3.63, 3.8) is 0 Å². The second-order valence-electron chi connectivity index (χ2n) is 5.20. The zero-order chi connectivity index (χ0) is 14.3. The van der Waals surface area contributed by atoms with E-state index in [1.165, 1.54) is 5.56 Å². The Morgan fingerprint density at radius 2 is 2.00 bits per heavy atom. The molecule has 1 amide bonds. The number of nitrogens with zero attached hydrogens (tertiary/aromatic N) is 1. The molecule has 4 heteroatoms. The number of rotatable bonds is 7. The van der Waals surface area contributed by atoms with E-state index < -0.39 is 0 Å². The molecule has 0 aromatic heterocycles. The summed E-state index contributed by atoms with van der Waals surface area (Å²) >= 11 is 0. The summed E-state index contributed by atoms with van der Waals surface area (Å²) < 4.78 is 0. The first-order valence-electron chi connectivity index (χ1n) is 6.71. The van der Waals surface area contributed by atoms with E-state index in [2.05, 4.69) is 21.6 Å².